The van der Waals surface area contributed by atoms with E-state index in [-0.39, 0.29) is 5.41 Å². The number of rotatable bonds is 2. The quantitative estimate of drug-likeness (QED) is 0.464. The van der Waals surface area contributed by atoms with E-state index in [0.29, 0.717) is 23.5 Å². The zero-order valence-electron chi connectivity index (χ0n) is 7.70. The first-order valence-corrected chi connectivity index (χ1v) is 5.14. The largest absolute Gasteiger partial charge is 0.294 e. The van der Waals surface area contributed by atoms with Gasteiger partial charge < -0.3 is 0 Å². The van der Waals surface area contributed by atoms with Gasteiger partial charge in [-0.05, 0) is 43.1 Å². The molecule has 0 radical (unpaired) electrons. The molecule has 0 spiro atoms. The Bertz CT molecular complexity index is 315. The van der Waals surface area contributed by atoms with Crippen LogP contribution in [-0.2, 0) is 4.79 Å². The molecule has 2 bridgehead atoms. The monoisotopic (exact) mass is 174 g/mol. The molecule has 2 fully saturated rings. The maximum absolute atomic E-state index is 11.8. The molecule has 3 aliphatic carbocycles. The fourth-order valence-corrected chi connectivity index (χ4v) is 3.76. The fraction of sp³-hybridized carbons (Fsp3) is 0.583. The predicted molar refractivity (Wildman–Crippen MR) is 51.1 cm³/mol. The molecule has 1 nitrogen and oxygen atoms in total. The number of hydrogen-bond donors (Lipinski definition) is 0. The molecule has 3 aliphatic rings. The highest BCUT2D eigenvalue weighted by Gasteiger charge is 2.63. The Balaban J connectivity index is 2.04. The fourth-order valence-electron chi connectivity index (χ4n) is 3.76. The summed E-state index contributed by atoms with van der Waals surface area (Å²) in [5.41, 5.74) is 0.0150. The van der Waals surface area contributed by atoms with Gasteiger partial charge in [-0.25, -0.2) is 0 Å². The number of carbonyl (C=O) groups excluding carboxylic acids is 1. The van der Waals surface area contributed by atoms with E-state index < -0.39 is 0 Å². The highest BCUT2D eigenvalue weighted by atomic mass is 16.1. The van der Waals surface area contributed by atoms with Crippen molar-refractivity contribution in [3.63, 3.8) is 0 Å². The van der Waals surface area contributed by atoms with Crippen LogP contribution in [0.15, 0.2) is 24.8 Å². The van der Waals surface area contributed by atoms with Gasteiger partial charge in [-0.15, -0.1) is 0 Å². The van der Waals surface area contributed by atoms with Gasteiger partial charge in [0.15, 0.2) is 5.78 Å². The van der Waals surface area contributed by atoms with Crippen molar-refractivity contribution in [2.75, 3.05) is 0 Å². The molecule has 1 heteroatoms. The summed E-state index contributed by atoms with van der Waals surface area (Å²) < 4.78 is 0. The molecule has 4 atom stereocenters. The van der Waals surface area contributed by atoms with Crippen LogP contribution in [0, 0.1) is 23.2 Å². The number of allylic oxidation sites excluding steroid dienone is 3. The average Bonchev–Trinajstić information content (AvgIpc) is 2.58. The molecule has 0 aliphatic heterocycles. The van der Waals surface area contributed by atoms with E-state index in [1.807, 2.05) is 0 Å². The molecule has 4 unspecified atom stereocenters. The normalized spacial score (nSPS) is 50.0. The van der Waals surface area contributed by atoms with Gasteiger partial charge in [0, 0.05) is 5.41 Å². The summed E-state index contributed by atoms with van der Waals surface area (Å²) in [7, 11) is 0. The standard InChI is InChI=1S/C12H14O/c1-2-11(13)12-6-5-10(12)8-3-4-9(12)7-8/h2-4,8-10H,1,5-7H2. The average molecular weight is 174 g/mol. The summed E-state index contributed by atoms with van der Waals surface area (Å²) in [4.78, 5) is 11.8. The zero-order chi connectivity index (χ0) is 9.05. The first kappa shape index (κ1) is 7.54. The van der Waals surface area contributed by atoms with E-state index in [0.717, 1.165) is 6.42 Å². The van der Waals surface area contributed by atoms with E-state index in [1.165, 1.54) is 12.8 Å². The van der Waals surface area contributed by atoms with Crippen LogP contribution in [0.2, 0.25) is 0 Å². The van der Waals surface area contributed by atoms with Crippen LogP contribution in [0.25, 0.3) is 0 Å². The first-order chi connectivity index (χ1) is 6.29. The minimum atomic E-state index is 0.0150. The van der Waals surface area contributed by atoms with Crippen LogP contribution in [0.5, 0.6) is 0 Å². The number of hydrogen-bond acceptors (Lipinski definition) is 1. The van der Waals surface area contributed by atoms with Crippen molar-refractivity contribution in [3.8, 4) is 0 Å². The van der Waals surface area contributed by atoms with E-state index >= 15 is 0 Å². The molecule has 3 rings (SSSR count). The molecule has 0 amide bonds. The second-order valence-corrected chi connectivity index (χ2v) is 4.64. The Morgan fingerprint density at radius 1 is 1.54 bits per heavy atom. The van der Waals surface area contributed by atoms with Gasteiger partial charge in [0.1, 0.15) is 0 Å². The molecular formula is C12H14O. The second-order valence-electron chi connectivity index (χ2n) is 4.64. The van der Waals surface area contributed by atoms with Crippen LogP contribution < -0.4 is 0 Å². The molecule has 13 heavy (non-hydrogen) atoms. The molecule has 0 aromatic rings. The topological polar surface area (TPSA) is 17.1 Å². The lowest BCUT2D eigenvalue weighted by atomic mass is 9.53. The lowest BCUT2D eigenvalue weighted by Gasteiger charge is -2.49. The van der Waals surface area contributed by atoms with Crippen molar-refractivity contribution >= 4 is 5.78 Å². The second kappa shape index (κ2) is 2.14. The summed E-state index contributed by atoms with van der Waals surface area (Å²) in [6, 6.07) is 0. The summed E-state index contributed by atoms with van der Waals surface area (Å²) in [6.07, 6.45) is 9.72. The predicted octanol–water partition coefficient (Wildman–Crippen LogP) is 2.34. The van der Waals surface area contributed by atoms with Crippen LogP contribution in [0.1, 0.15) is 19.3 Å². The highest BCUT2D eigenvalue weighted by Crippen LogP contribution is 2.66. The van der Waals surface area contributed by atoms with Gasteiger partial charge in [-0.1, -0.05) is 18.7 Å². The summed E-state index contributed by atoms with van der Waals surface area (Å²) in [5.74, 6) is 2.22. The number of fused-ring (bicyclic) bond motifs is 5. The van der Waals surface area contributed by atoms with E-state index in [9.17, 15) is 4.79 Å². The van der Waals surface area contributed by atoms with E-state index in [2.05, 4.69) is 18.7 Å². The van der Waals surface area contributed by atoms with Gasteiger partial charge in [0.05, 0.1) is 0 Å². The van der Waals surface area contributed by atoms with Gasteiger partial charge in [0.25, 0.3) is 0 Å². The zero-order valence-corrected chi connectivity index (χ0v) is 7.70. The maximum Gasteiger partial charge on any atom is 0.162 e. The van der Waals surface area contributed by atoms with Gasteiger partial charge >= 0.3 is 0 Å². The minimum absolute atomic E-state index is 0.0150. The Hall–Kier alpha value is -0.850. The van der Waals surface area contributed by atoms with Crippen LogP contribution in [0.4, 0.5) is 0 Å². The maximum atomic E-state index is 11.8. The Morgan fingerprint density at radius 2 is 2.38 bits per heavy atom. The Morgan fingerprint density at radius 3 is 2.92 bits per heavy atom. The molecule has 0 heterocycles. The third kappa shape index (κ3) is 0.641. The van der Waals surface area contributed by atoms with Crippen molar-refractivity contribution < 1.29 is 4.79 Å². The summed E-state index contributed by atoms with van der Waals surface area (Å²) in [6.45, 7) is 3.63. The number of carbonyl (C=O) groups is 1. The summed E-state index contributed by atoms with van der Waals surface area (Å²) in [5, 5.41) is 0. The van der Waals surface area contributed by atoms with Crippen molar-refractivity contribution in [3.05, 3.63) is 24.8 Å². The lowest BCUT2D eigenvalue weighted by Crippen LogP contribution is -2.48. The van der Waals surface area contributed by atoms with Crippen LogP contribution in [0.3, 0.4) is 0 Å². The Kier molecular flexibility index (Phi) is 1.24. The van der Waals surface area contributed by atoms with Gasteiger partial charge in [-0.2, -0.15) is 0 Å². The smallest absolute Gasteiger partial charge is 0.162 e. The molecule has 68 valence electrons. The lowest BCUT2D eigenvalue weighted by molar-refractivity contribution is -0.135. The highest BCUT2D eigenvalue weighted by molar-refractivity contribution is 5.96. The number of ketones is 1. The van der Waals surface area contributed by atoms with Gasteiger partial charge in [-0.3, -0.25) is 4.79 Å². The molecule has 0 aromatic carbocycles. The first-order valence-electron chi connectivity index (χ1n) is 5.14. The minimum Gasteiger partial charge on any atom is -0.294 e. The summed E-state index contributed by atoms with van der Waals surface area (Å²) >= 11 is 0. The van der Waals surface area contributed by atoms with Crippen molar-refractivity contribution in [2.24, 2.45) is 23.2 Å². The third-order valence-electron chi connectivity index (χ3n) is 4.47. The molecular weight excluding hydrogens is 160 g/mol. The van der Waals surface area contributed by atoms with E-state index in [1.54, 1.807) is 6.08 Å². The molecule has 0 N–H and O–H groups in total. The Labute approximate surface area is 78.5 Å². The van der Waals surface area contributed by atoms with Gasteiger partial charge in [0.2, 0.25) is 0 Å². The van der Waals surface area contributed by atoms with E-state index in [4.69, 9.17) is 0 Å². The third-order valence-corrected chi connectivity index (χ3v) is 4.47. The SMILES string of the molecule is C=CC(=O)C12CCC1C1C=CC2C1. The molecule has 2 saturated carbocycles. The van der Waals surface area contributed by atoms with Crippen molar-refractivity contribution in [1.82, 2.24) is 0 Å². The van der Waals surface area contributed by atoms with Crippen LogP contribution >= 0.6 is 0 Å². The molecule has 0 aromatic heterocycles. The van der Waals surface area contributed by atoms with Crippen molar-refractivity contribution in [2.45, 2.75) is 19.3 Å². The molecule has 0 saturated heterocycles. The van der Waals surface area contributed by atoms with Crippen LogP contribution in [-0.4, -0.2) is 5.78 Å². The van der Waals surface area contributed by atoms with Crippen molar-refractivity contribution in [1.29, 1.82) is 0 Å².